The molecular formula is C19H35N3O3. The summed E-state index contributed by atoms with van der Waals surface area (Å²) in [4.78, 5) is 0. The first-order valence-electron chi connectivity index (χ1n) is 10.3. The third-order valence-electron chi connectivity index (χ3n) is 6.47. The molecule has 6 heteroatoms. The predicted octanol–water partition coefficient (Wildman–Crippen LogP) is 1.21. The molecule has 3 heterocycles. The van der Waals surface area contributed by atoms with E-state index in [1.165, 1.54) is 6.42 Å². The number of ether oxygens (including phenoxy) is 3. The fraction of sp³-hybridized carbons (Fsp3) is 1.00. The van der Waals surface area contributed by atoms with E-state index in [1.54, 1.807) is 0 Å². The Labute approximate surface area is 151 Å². The van der Waals surface area contributed by atoms with E-state index in [9.17, 15) is 0 Å². The van der Waals surface area contributed by atoms with E-state index in [1.807, 2.05) is 0 Å². The van der Waals surface area contributed by atoms with E-state index in [4.69, 9.17) is 14.2 Å². The SMILES string of the molecule is C[C@H]1CCOC[C@H](C)OC2CCC3NNC(C4CNCC(C4)O1)C3C2. The highest BCUT2D eigenvalue weighted by molar-refractivity contribution is 5.00. The molecule has 4 bridgehead atoms. The number of rotatable bonds is 0. The summed E-state index contributed by atoms with van der Waals surface area (Å²) in [5.41, 5.74) is 7.20. The van der Waals surface area contributed by atoms with Gasteiger partial charge in [0.1, 0.15) is 0 Å². The van der Waals surface area contributed by atoms with E-state index >= 15 is 0 Å². The quantitative estimate of drug-likeness (QED) is 0.608. The molecule has 3 saturated heterocycles. The Hall–Kier alpha value is -0.240. The van der Waals surface area contributed by atoms with Crippen molar-refractivity contribution in [1.29, 1.82) is 0 Å². The van der Waals surface area contributed by atoms with Crippen LogP contribution in [0.4, 0.5) is 0 Å². The van der Waals surface area contributed by atoms with Gasteiger partial charge in [0, 0.05) is 25.2 Å². The van der Waals surface area contributed by atoms with Crippen molar-refractivity contribution in [3.8, 4) is 0 Å². The Morgan fingerprint density at radius 1 is 0.840 bits per heavy atom. The molecule has 0 aromatic heterocycles. The topological polar surface area (TPSA) is 63.8 Å². The number of hydrogen-bond acceptors (Lipinski definition) is 6. The highest BCUT2D eigenvalue weighted by atomic mass is 16.5. The van der Waals surface area contributed by atoms with Crippen LogP contribution in [-0.4, -0.2) is 62.8 Å². The number of fused-ring (bicyclic) bond motifs is 4. The first kappa shape index (κ1) is 18.1. The van der Waals surface area contributed by atoms with E-state index in [-0.39, 0.29) is 12.2 Å². The van der Waals surface area contributed by atoms with Crippen molar-refractivity contribution >= 4 is 0 Å². The zero-order valence-electron chi connectivity index (χ0n) is 15.7. The van der Waals surface area contributed by atoms with Crippen LogP contribution in [0.2, 0.25) is 0 Å². The van der Waals surface area contributed by atoms with Crippen LogP contribution in [0.3, 0.4) is 0 Å². The van der Waals surface area contributed by atoms with E-state index in [0.29, 0.717) is 42.7 Å². The molecule has 25 heavy (non-hydrogen) atoms. The normalized spacial score (nSPS) is 49.2. The Morgan fingerprint density at radius 2 is 1.72 bits per heavy atom. The molecule has 4 rings (SSSR count). The van der Waals surface area contributed by atoms with Crippen molar-refractivity contribution in [1.82, 2.24) is 16.2 Å². The van der Waals surface area contributed by atoms with Gasteiger partial charge in [0.2, 0.25) is 0 Å². The van der Waals surface area contributed by atoms with Gasteiger partial charge in [0.05, 0.1) is 31.0 Å². The third kappa shape index (κ3) is 4.37. The molecule has 1 saturated carbocycles. The summed E-state index contributed by atoms with van der Waals surface area (Å²) in [5.74, 6) is 1.27. The van der Waals surface area contributed by atoms with Crippen LogP contribution in [0, 0.1) is 11.8 Å². The number of hydrogen-bond donors (Lipinski definition) is 3. The highest BCUT2D eigenvalue weighted by Gasteiger charge is 2.45. The van der Waals surface area contributed by atoms with Crippen LogP contribution < -0.4 is 16.2 Å². The first-order chi connectivity index (χ1) is 12.2. The Balaban J connectivity index is 1.48. The van der Waals surface area contributed by atoms with Crippen LogP contribution in [0.25, 0.3) is 0 Å². The lowest BCUT2D eigenvalue weighted by atomic mass is 9.74. The van der Waals surface area contributed by atoms with Crippen molar-refractivity contribution < 1.29 is 14.2 Å². The van der Waals surface area contributed by atoms with Crippen LogP contribution in [-0.2, 0) is 14.2 Å². The highest BCUT2D eigenvalue weighted by Crippen LogP contribution is 2.37. The second-order valence-corrected chi connectivity index (χ2v) is 8.55. The van der Waals surface area contributed by atoms with Gasteiger partial charge < -0.3 is 19.5 Å². The van der Waals surface area contributed by atoms with Gasteiger partial charge in [-0.15, -0.1) is 0 Å². The van der Waals surface area contributed by atoms with Gasteiger partial charge in [-0.25, -0.2) is 0 Å². The van der Waals surface area contributed by atoms with Gasteiger partial charge in [-0.1, -0.05) is 0 Å². The van der Waals surface area contributed by atoms with Crippen molar-refractivity contribution in [3.63, 3.8) is 0 Å². The lowest BCUT2D eigenvalue weighted by Gasteiger charge is -2.39. The van der Waals surface area contributed by atoms with E-state index in [0.717, 1.165) is 45.4 Å². The molecule has 4 aliphatic rings. The zero-order valence-corrected chi connectivity index (χ0v) is 15.7. The fourth-order valence-electron chi connectivity index (χ4n) is 5.22. The average molecular weight is 354 g/mol. The molecule has 3 aliphatic heterocycles. The third-order valence-corrected chi connectivity index (χ3v) is 6.47. The van der Waals surface area contributed by atoms with Gasteiger partial charge in [0.25, 0.3) is 0 Å². The average Bonchev–Trinajstić information content (AvgIpc) is 3.01. The summed E-state index contributed by atoms with van der Waals surface area (Å²) < 4.78 is 18.5. The maximum absolute atomic E-state index is 6.33. The molecule has 144 valence electrons. The molecule has 4 fully saturated rings. The minimum absolute atomic E-state index is 0.171. The van der Waals surface area contributed by atoms with Gasteiger partial charge in [0.15, 0.2) is 0 Å². The maximum atomic E-state index is 6.33. The second kappa shape index (κ2) is 8.19. The van der Waals surface area contributed by atoms with Gasteiger partial charge >= 0.3 is 0 Å². The second-order valence-electron chi connectivity index (χ2n) is 8.55. The standard InChI is InChI=1S/C19H35N3O3/c1-12-5-6-23-11-13(2)25-15-3-4-18-17(8-15)19(22-21-18)14-7-16(24-12)10-20-9-14/h12-22H,3-11H2,1-2H3/t12-,13-,14?,15?,16?,17?,18?,19?/m0/s1. The molecule has 0 amide bonds. The summed E-state index contributed by atoms with van der Waals surface area (Å²) >= 11 is 0. The zero-order chi connectivity index (χ0) is 17.2. The molecule has 6 unspecified atom stereocenters. The van der Waals surface area contributed by atoms with E-state index < -0.39 is 0 Å². The lowest BCUT2D eigenvalue weighted by Crippen LogP contribution is -2.51. The predicted molar refractivity (Wildman–Crippen MR) is 96.3 cm³/mol. The molecule has 0 aromatic rings. The maximum Gasteiger partial charge on any atom is 0.0784 e. The van der Waals surface area contributed by atoms with Gasteiger partial charge in [-0.3, -0.25) is 10.9 Å². The largest absolute Gasteiger partial charge is 0.379 e. The van der Waals surface area contributed by atoms with Gasteiger partial charge in [-0.2, -0.15) is 0 Å². The first-order valence-corrected chi connectivity index (χ1v) is 10.3. The van der Waals surface area contributed by atoms with Crippen LogP contribution in [0.15, 0.2) is 0 Å². The molecule has 6 nitrogen and oxygen atoms in total. The van der Waals surface area contributed by atoms with Crippen molar-refractivity contribution in [2.75, 3.05) is 26.3 Å². The molecule has 1 aliphatic carbocycles. The fourth-order valence-corrected chi connectivity index (χ4v) is 5.22. The Kier molecular flexibility index (Phi) is 5.94. The van der Waals surface area contributed by atoms with Crippen LogP contribution in [0.1, 0.15) is 46.0 Å². The van der Waals surface area contributed by atoms with Crippen molar-refractivity contribution in [2.45, 2.75) is 82.5 Å². The summed E-state index contributed by atoms with van der Waals surface area (Å²) in [5, 5.41) is 3.61. The van der Waals surface area contributed by atoms with E-state index in [2.05, 4.69) is 30.0 Å². The van der Waals surface area contributed by atoms with Crippen LogP contribution >= 0.6 is 0 Å². The number of nitrogens with one attached hydrogen (secondary N) is 3. The summed E-state index contributed by atoms with van der Waals surface area (Å²) in [7, 11) is 0. The number of hydrazine groups is 1. The summed E-state index contributed by atoms with van der Waals surface area (Å²) in [6.07, 6.45) is 6.69. The molecule has 3 N–H and O–H groups in total. The number of piperidine rings is 1. The van der Waals surface area contributed by atoms with Gasteiger partial charge in [-0.05, 0) is 64.3 Å². The smallest absolute Gasteiger partial charge is 0.0784 e. The van der Waals surface area contributed by atoms with Crippen LogP contribution in [0.5, 0.6) is 0 Å². The minimum Gasteiger partial charge on any atom is -0.379 e. The molecule has 0 radical (unpaired) electrons. The summed E-state index contributed by atoms with van der Waals surface area (Å²) in [6.45, 7) is 7.81. The lowest BCUT2D eigenvalue weighted by molar-refractivity contribution is -0.0735. The van der Waals surface area contributed by atoms with Crippen molar-refractivity contribution in [2.24, 2.45) is 11.8 Å². The Bertz CT molecular complexity index is 438. The Morgan fingerprint density at radius 3 is 2.64 bits per heavy atom. The molecular weight excluding hydrogens is 318 g/mol. The minimum atomic E-state index is 0.171. The molecule has 0 spiro atoms. The molecule has 8 atom stereocenters. The summed E-state index contributed by atoms with van der Waals surface area (Å²) in [6, 6.07) is 1.11. The monoisotopic (exact) mass is 353 g/mol. The van der Waals surface area contributed by atoms with Crippen molar-refractivity contribution in [3.05, 3.63) is 0 Å². The molecule has 0 aromatic carbocycles.